The van der Waals surface area contributed by atoms with Crippen molar-refractivity contribution in [2.45, 2.75) is 26.6 Å². The van der Waals surface area contributed by atoms with Crippen LogP contribution in [0.1, 0.15) is 20.3 Å². The van der Waals surface area contributed by atoms with E-state index < -0.39 is 0 Å². The van der Waals surface area contributed by atoms with Crippen molar-refractivity contribution in [1.29, 1.82) is 0 Å². The van der Waals surface area contributed by atoms with Gasteiger partial charge in [-0.15, -0.1) is 0 Å². The lowest BCUT2D eigenvalue weighted by Gasteiger charge is -2.11. The molecule has 0 aliphatic heterocycles. The van der Waals surface area contributed by atoms with Gasteiger partial charge in [0.1, 0.15) is 0 Å². The van der Waals surface area contributed by atoms with Gasteiger partial charge in [-0.1, -0.05) is 28.7 Å². The molecule has 0 aliphatic carbocycles. The molecular weight excluding hydrogens is 255 g/mol. The summed E-state index contributed by atoms with van der Waals surface area (Å²) in [7, 11) is 0. The van der Waals surface area contributed by atoms with Crippen LogP contribution in [0.5, 0.6) is 0 Å². The van der Waals surface area contributed by atoms with Crippen LogP contribution in [-0.4, -0.2) is 19.5 Å². The summed E-state index contributed by atoms with van der Waals surface area (Å²) in [5, 5.41) is 0. The molecule has 0 radical (unpaired) electrons. The fraction of sp³-hybridized carbons (Fsp3) is 0.750. The molecule has 0 aliphatic rings. The van der Waals surface area contributed by atoms with E-state index in [1.807, 2.05) is 17.9 Å². The van der Waals surface area contributed by atoms with Crippen molar-refractivity contribution in [1.82, 2.24) is 0 Å². The summed E-state index contributed by atoms with van der Waals surface area (Å²) in [6.45, 7) is 5.33. The highest BCUT2D eigenvalue weighted by atomic mass is 127. The van der Waals surface area contributed by atoms with Crippen LogP contribution in [0.4, 0.5) is 0 Å². The molecule has 1 unspecified atom stereocenters. The van der Waals surface area contributed by atoms with E-state index in [9.17, 15) is 0 Å². The first-order valence-electron chi connectivity index (χ1n) is 3.79. The van der Waals surface area contributed by atoms with Gasteiger partial charge in [-0.3, -0.25) is 0 Å². The molecule has 2 nitrogen and oxygen atoms in total. The van der Waals surface area contributed by atoms with Gasteiger partial charge in [0.25, 0.3) is 0 Å². The Balaban J connectivity index is 3.10. The second-order valence-corrected chi connectivity index (χ2v) is 2.76. The minimum absolute atomic E-state index is 0.0670. The summed E-state index contributed by atoms with van der Waals surface area (Å²) < 4.78 is 12.5. The lowest BCUT2D eigenvalue weighted by molar-refractivity contribution is -0.125. The Hall–Kier alpha value is 0.390. The molecule has 0 heterocycles. The molecule has 0 rings (SSSR count). The molecule has 0 amide bonds. The summed E-state index contributed by atoms with van der Waals surface area (Å²) in [5.74, 6) is 0. The summed E-state index contributed by atoms with van der Waals surface area (Å²) in [4.78, 5) is 0. The second-order valence-electron chi connectivity index (χ2n) is 2.04. The molecule has 11 heavy (non-hydrogen) atoms. The van der Waals surface area contributed by atoms with Gasteiger partial charge in [0.2, 0.25) is 0 Å². The third-order valence-electron chi connectivity index (χ3n) is 1.13. The SMILES string of the molecule is CCOC(C)OCC/C=C/I. The highest BCUT2D eigenvalue weighted by molar-refractivity contribution is 14.1. The van der Waals surface area contributed by atoms with E-state index in [4.69, 9.17) is 9.47 Å². The predicted octanol–water partition coefficient (Wildman–Crippen LogP) is 2.72. The number of hydrogen-bond acceptors (Lipinski definition) is 2. The smallest absolute Gasteiger partial charge is 0.154 e. The third kappa shape index (κ3) is 8.29. The summed E-state index contributed by atoms with van der Waals surface area (Å²) in [6.07, 6.45) is 2.96. The first-order valence-corrected chi connectivity index (χ1v) is 5.04. The van der Waals surface area contributed by atoms with E-state index in [0.717, 1.165) is 13.0 Å². The first-order chi connectivity index (χ1) is 5.31. The molecule has 0 N–H and O–H groups in total. The monoisotopic (exact) mass is 270 g/mol. The maximum absolute atomic E-state index is 5.31. The number of ether oxygens (including phenoxy) is 2. The van der Waals surface area contributed by atoms with Gasteiger partial charge in [0.05, 0.1) is 6.61 Å². The fourth-order valence-corrected chi connectivity index (χ4v) is 1.01. The third-order valence-corrected chi connectivity index (χ3v) is 1.64. The molecule has 0 saturated carbocycles. The van der Waals surface area contributed by atoms with Crippen molar-refractivity contribution in [3.63, 3.8) is 0 Å². The van der Waals surface area contributed by atoms with E-state index in [1.165, 1.54) is 0 Å². The standard InChI is InChI=1S/C8H15IO2/c1-3-10-8(2)11-7-5-4-6-9/h4,6,8H,3,5,7H2,1-2H3/b6-4+. The summed E-state index contributed by atoms with van der Waals surface area (Å²) >= 11 is 2.19. The van der Waals surface area contributed by atoms with Gasteiger partial charge in [0.15, 0.2) is 6.29 Å². The zero-order valence-electron chi connectivity index (χ0n) is 7.05. The van der Waals surface area contributed by atoms with E-state index in [1.54, 1.807) is 0 Å². The number of halogens is 1. The quantitative estimate of drug-likeness (QED) is 0.420. The maximum Gasteiger partial charge on any atom is 0.154 e. The van der Waals surface area contributed by atoms with Crippen molar-refractivity contribution in [2.75, 3.05) is 13.2 Å². The molecular formula is C8H15IO2. The van der Waals surface area contributed by atoms with Crippen LogP contribution in [0.25, 0.3) is 0 Å². The van der Waals surface area contributed by atoms with Gasteiger partial charge in [0, 0.05) is 6.61 Å². The van der Waals surface area contributed by atoms with Crippen molar-refractivity contribution in [3.05, 3.63) is 10.2 Å². The zero-order valence-corrected chi connectivity index (χ0v) is 9.21. The van der Waals surface area contributed by atoms with E-state index in [2.05, 4.69) is 28.7 Å². The Bertz CT molecular complexity index is 104. The largest absolute Gasteiger partial charge is 0.353 e. The minimum Gasteiger partial charge on any atom is -0.353 e. The Morgan fingerprint density at radius 2 is 2.18 bits per heavy atom. The maximum atomic E-state index is 5.31. The van der Waals surface area contributed by atoms with Crippen LogP contribution in [-0.2, 0) is 9.47 Å². The zero-order chi connectivity index (χ0) is 8.53. The Labute approximate surface area is 82.1 Å². The van der Waals surface area contributed by atoms with Crippen molar-refractivity contribution in [2.24, 2.45) is 0 Å². The van der Waals surface area contributed by atoms with Crippen LogP contribution in [0.15, 0.2) is 10.2 Å². The van der Waals surface area contributed by atoms with Gasteiger partial charge in [-0.25, -0.2) is 0 Å². The lowest BCUT2D eigenvalue weighted by atomic mass is 10.4. The fourth-order valence-electron chi connectivity index (χ4n) is 0.648. The van der Waals surface area contributed by atoms with Crippen LogP contribution in [0.3, 0.4) is 0 Å². The van der Waals surface area contributed by atoms with Gasteiger partial charge in [-0.05, 0) is 24.4 Å². The average Bonchev–Trinajstić information content (AvgIpc) is 1.99. The molecule has 0 bridgehead atoms. The highest BCUT2D eigenvalue weighted by Gasteiger charge is 1.97. The molecule has 0 aromatic rings. The van der Waals surface area contributed by atoms with E-state index in [0.29, 0.717) is 6.61 Å². The molecule has 0 saturated heterocycles. The van der Waals surface area contributed by atoms with E-state index in [-0.39, 0.29) is 6.29 Å². The van der Waals surface area contributed by atoms with E-state index >= 15 is 0 Å². The van der Waals surface area contributed by atoms with Gasteiger partial charge >= 0.3 is 0 Å². The average molecular weight is 270 g/mol. The molecule has 0 spiro atoms. The first kappa shape index (κ1) is 11.4. The number of rotatable bonds is 6. The predicted molar refractivity (Wildman–Crippen MR) is 54.8 cm³/mol. The Kier molecular flexibility index (Phi) is 8.79. The van der Waals surface area contributed by atoms with Gasteiger partial charge in [-0.2, -0.15) is 0 Å². The second kappa shape index (κ2) is 8.49. The van der Waals surface area contributed by atoms with Crippen LogP contribution >= 0.6 is 22.6 Å². The topological polar surface area (TPSA) is 18.5 Å². The molecule has 0 fully saturated rings. The van der Waals surface area contributed by atoms with Crippen LogP contribution < -0.4 is 0 Å². The molecule has 0 aromatic heterocycles. The molecule has 66 valence electrons. The molecule has 1 atom stereocenters. The van der Waals surface area contributed by atoms with Crippen LogP contribution in [0.2, 0.25) is 0 Å². The highest BCUT2D eigenvalue weighted by Crippen LogP contribution is 1.96. The van der Waals surface area contributed by atoms with Gasteiger partial charge < -0.3 is 9.47 Å². The molecule has 3 heteroatoms. The number of hydrogen-bond donors (Lipinski definition) is 0. The normalized spacial score (nSPS) is 14.1. The Morgan fingerprint density at radius 3 is 2.73 bits per heavy atom. The van der Waals surface area contributed by atoms with Crippen molar-refractivity contribution in [3.8, 4) is 0 Å². The summed E-state index contributed by atoms with van der Waals surface area (Å²) in [5.41, 5.74) is 0. The van der Waals surface area contributed by atoms with Crippen molar-refractivity contribution >= 4 is 22.6 Å². The van der Waals surface area contributed by atoms with Crippen LogP contribution in [0, 0.1) is 0 Å². The Morgan fingerprint density at radius 1 is 1.45 bits per heavy atom. The summed E-state index contributed by atoms with van der Waals surface area (Å²) in [6, 6.07) is 0. The van der Waals surface area contributed by atoms with Crippen molar-refractivity contribution < 1.29 is 9.47 Å². The minimum atomic E-state index is -0.0670. The lowest BCUT2D eigenvalue weighted by Crippen LogP contribution is -2.12. The molecule has 0 aromatic carbocycles.